The highest BCUT2D eigenvalue weighted by molar-refractivity contribution is 7.89. The number of hydrogen-bond acceptors (Lipinski definition) is 4. The first kappa shape index (κ1) is 18.8. The molecule has 26 heavy (non-hydrogen) atoms. The molecule has 2 heterocycles. The van der Waals surface area contributed by atoms with E-state index in [0.717, 1.165) is 29.7 Å². The Morgan fingerprint density at radius 1 is 1.31 bits per heavy atom. The average molecular weight is 380 g/mol. The van der Waals surface area contributed by atoms with Crippen LogP contribution in [0.15, 0.2) is 17.0 Å². The molecule has 3 rings (SSSR count). The molecule has 2 N–H and O–H groups in total. The number of carboxylic acid groups (broad SMARTS) is 1. The third-order valence-electron chi connectivity index (χ3n) is 4.92. The SMILES string of the molecule is CC(C)CC(CNS(=O)(=O)c1cc2c3c(c1)CC(=O)N3CCC2)C(=O)O. The smallest absolute Gasteiger partial charge is 0.307 e. The van der Waals surface area contributed by atoms with E-state index in [-0.39, 0.29) is 29.7 Å². The predicted octanol–water partition coefficient (Wildman–Crippen LogP) is 1.55. The molecule has 0 saturated heterocycles. The van der Waals surface area contributed by atoms with E-state index in [0.29, 0.717) is 13.0 Å². The van der Waals surface area contributed by atoms with Gasteiger partial charge in [0, 0.05) is 13.1 Å². The summed E-state index contributed by atoms with van der Waals surface area (Å²) in [7, 11) is -3.83. The standard InChI is InChI=1S/C18H24N2O5S/c1-11(2)6-14(18(22)23)10-19-26(24,25)15-7-12-4-3-5-20-16(21)9-13(8-15)17(12)20/h7-8,11,14,19H,3-6,9-10H2,1-2H3,(H,22,23). The number of carbonyl (C=O) groups is 2. The monoisotopic (exact) mass is 380 g/mol. The van der Waals surface area contributed by atoms with E-state index in [4.69, 9.17) is 0 Å². The third-order valence-corrected chi connectivity index (χ3v) is 6.32. The molecule has 8 heteroatoms. The molecule has 0 saturated carbocycles. The van der Waals surface area contributed by atoms with Crippen molar-refractivity contribution in [2.24, 2.45) is 11.8 Å². The Labute approximate surface area is 153 Å². The van der Waals surface area contributed by atoms with Gasteiger partial charge >= 0.3 is 5.97 Å². The maximum atomic E-state index is 12.7. The summed E-state index contributed by atoms with van der Waals surface area (Å²) in [6.45, 7) is 4.34. The lowest BCUT2D eigenvalue weighted by Crippen LogP contribution is -2.34. The minimum atomic E-state index is -3.83. The van der Waals surface area contributed by atoms with E-state index in [9.17, 15) is 23.1 Å². The third kappa shape index (κ3) is 3.61. The Balaban J connectivity index is 1.84. The largest absolute Gasteiger partial charge is 0.481 e. The Bertz CT molecular complexity index is 847. The van der Waals surface area contributed by atoms with Gasteiger partial charge in [-0.05, 0) is 48.4 Å². The van der Waals surface area contributed by atoms with Crippen LogP contribution in [0.4, 0.5) is 5.69 Å². The molecule has 1 atom stereocenters. The van der Waals surface area contributed by atoms with Crippen LogP contribution in [-0.2, 0) is 32.5 Å². The zero-order chi connectivity index (χ0) is 19.1. The highest BCUT2D eigenvalue weighted by Crippen LogP contribution is 2.38. The van der Waals surface area contributed by atoms with Gasteiger partial charge in [0.2, 0.25) is 15.9 Å². The average Bonchev–Trinajstić information content (AvgIpc) is 2.88. The van der Waals surface area contributed by atoms with Crippen LogP contribution < -0.4 is 9.62 Å². The summed E-state index contributed by atoms with van der Waals surface area (Å²) in [5, 5.41) is 9.29. The molecular formula is C18H24N2O5S. The number of nitrogens with one attached hydrogen (secondary N) is 1. The molecular weight excluding hydrogens is 356 g/mol. The molecule has 142 valence electrons. The van der Waals surface area contributed by atoms with Crippen molar-refractivity contribution in [3.05, 3.63) is 23.3 Å². The van der Waals surface area contributed by atoms with Gasteiger partial charge in [-0.2, -0.15) is 0 Å². The summed E-state index contributed by atoms with van der Waals surface area (Å²) in [5.74, 6) is -1.62. The first-order valence-electron chi connectivity index (χ1n) is 8.87. The zero-order valence-electron chi connectivity index (χ0n) is 15.0. The van der Waals surface area contributed by atoms with Gasteiger partial charge in [-0.25, -0.2) is 13.1 Å². The molecule has 0 aromatic heterocycles. The van der Waals surface area contributed by atoms with Crippen molar-refractivity contribution in [3.63, 3.8) is 0 Å². The predicted molar refractivity (Wildman–Crippen MR) is 96.6 cm³/mol. The van der Waals surface area contributed by atoms with Crippen molar-refractivity contribution < 1.29 is 23.1 Å². The van der Waals surface area contributed by atoms with E-state index in [1.54, 1.807) is 17.0 Å². The summed E-state index contributed by atoms with van der Waals surface area (Å²) < 4.78 is 27.8. The first-order valence-corrected chi connectivity index (χ1v) is 10.4. The molecule has 2 aliphatic heterocycles. The number of sulfonamides is 1. The molecule has 1 aromatic carbocycles. The Morgan fingerprint density at radius 2 is 2.00 bits per heavy atom. The van der Waals surface area contributed by atoms with E-state index in [2.05, 4.69) is 4.72 Å². The quantitative estimate of drug-likeness (QED) is 0.747. The first-order chi connectivity index (χ1) is 12.2. The molecule has 1 aromatic rings. The van der Waals surface area contributed by atoms with Crippen molar-refractivity contribution in [1.82, 2.24) is 4.72 Å². The van der Waals surface area contributed by atoms with Gasteiger partial charge in [-0.15, -0.1) is 0 Å². The summed E-state index contributed by atoms with van der Waals surface area (Å²) in [5.41, 5.74) is 2.48. The van der Waals surface area contributed by atoms with Gasteiger partial charge in [0.15, 0.2) is 0 Å². The fourth-order valence-corrected chi connectivity index (χ4v) is 4.92. The normalized spacial score (nSPS) is 17.5. The zero-order valence-corrected chi connectivity index (χ0v) is 15.8. The number of nitrogens with zero attached hydrogens (tertiary/aromatic N) is 1. The Hall–Kier alpha value is -1.93. The van der Waals surface area contributed by atoms with Crippen molar-refractivity contribution in [2.75, 3.05) is 18.0 Å². The highest BCUT2D eigenvalue weighted by atomic mass is 32.2. The lowest BCUT2D eigenvalue weighted by atomic mass is 9.98. The number of carboxylic acids is 1. The van der Waals surface area contributed by atoms with Crippen LogP contribution in [0.1, 0.15) is 37.8 Å². The number of amides is 1. The maximum absolute atomic E-state index is 12.7. The second-order valence-corrected chi connectivity index (χ2v) is 9.20. The summed E-state index contributed by atoms with van der Waals surface area (Å²) in [6, 6.07) is 3.16. The van der Waals surface area contributed by atoms with Crippen molar-refractivity contribution in [3.8, 4) is 0 Å². The van der Waals surface area contributed by atoms with Crippen molar-refractivity contribution in [1.29, 1.82) is 0 Å². The van der Waals surface area contributed by atoms with Crippen LogP contribution in [0, 0.1) is 11.8 Å². The van der Waals surface area contributed by atoms with Gasteiger partial charge in [0.25, 0.3) is 0 Å². The van der Waals surface area contributed by atoms with Gasteiger partial charge < -0.3 is 10.0 Å². The van der Waals surface area contributed by atoms with Crippen LogP contribution in [0.5, 0.6) is 0 Å². The fourth-order valence-electron chi connectivity index (χ4n) is 3.74. The van der Waals surface area contributed by atoms with Gasteiger partial charge in [0.05, 0.1) is 22.9 Å². The van der Waals surface area contributed by atoms with Crippen LogP contribution in [0.2, 0.25) is 0 Å². The maximum Gasteiger partial charge on any atom is 0.307 e. The van der Waals surface area contributed by atoms with Gasteiger partial charge in [-0.3, -0.25) is 9.59 Å². The number of hydrogen-bond donors (Lipinski definition) is 2. The van der Waals surface area contributed by atoms with Gasteiger partial charge in [-0.1, -0.05) is 13.8 Å². The van der Waals surface area contributed by atoms with Crippen LogP contribution in [0.25, 0.3) is 0 Å². The Morgan fingerprint density at radius 3 is 2.65 bits per heavy atom. The van der Waals surface area contributed by atoms with Crippen LogP contribution in [0.3, 0.4) is 0 Å². The second kappa shape index (κ2) is 7.00. The number of rotatable bonds is 7. The Kier molecular flexibility index (Phi) is 5.07. The number of anilines is 1. The molecule has 0 fully saturated rings. The van der Waals surface area contributed by atoms with Crippen LogP contribution in [-0.4, -0.2) is 38.5 Å². The molecule has 7 nitrogen and oxygen atoms in total. The fraction of sp³-hybridized carbons (Fsp3) is 0.556. The number of aryl methyl sites for hydroxylation is 1. The topological polar surface area (TPSA) is 104 Å². The van der Waals surface area contributed by atoms with E-state index < -0.39 is 21.9 Å². The lowest BCUT2D eigenvalue weighted by molar-refractivity contribution is -0.142. The summed E-state index contributed by atoms with van der Waals surface area (Å²) >= 11 is 0. The van der Waals surface area contributed by atoms with Gasteiger partial charge in [0.1, 0.15) is 0 Å². The highest BCUT2D eigenvalue weighted by Gasteiger charge is 2.34. The minimum absolute atomic E-state index is 0.00586. The van der Waals surface area contributed by atoms with Crippen molar-refractivity contribution >= 4 is 27.6 Å². The number of carbonyl (C=O) groups excluding carboxylic acids is 1. The van der Waals surface area contributed by atoms with Crippen molar-refractivity contribution in [2.45, 2.75) is 44.4 Å². The molecule has 2 aliphatic rings. The van der Waals surface area contributed by atoms with E-state index in [1.807, 2.05) is 13.8 Å². The molecule has 0 radical (unpaired) electrons. The lowest BCUT2D eigenvalue weighted by Gasteiger charge is -2.26. The summed E-state index contributed by atoms with van der Waals surface area (Å²) in [4.78, 5) is 25.3. The van der Waals surface area contributed by atoms with E-state index in [1.165, 1.54) is 0 Å². The molecule has 0 aliphatic carbocycles. The number of aliphatic carboxylic acids is 1. The molecule has 0 bridgehead atoms. The summed E-state index contributed by atoms with van der Waals surface area (Å²) in [6.07, 6.45) is 2.17. The number of benzene rings is 1. The minimum Gasteiger partial charge on any atom is -0.481 e. The molecule has 0 spiro atoms. The second-order valence-electron chi connectivity index (χ2n) is 7.43. The van der Waals surface area contributed by atoms with E-state index >= 15 is 0 Å². The molecule has 1 unspecified atom stereocenters. The molecule has 1 amide bonds. The van der Waals surface area contributed by atoms with Crippen LogP contribution >= 0.6 is 0 Å².